The average Bonchev–Trinajstić information content (AvgIpc) is 2.88. The van der Waals surface area contributed by atoms with Gasteiger partial charge in [-0.05, 0) is 49.1 Å². The third kappa shape index (κ3) is 6.81. The molecule has 0 fully saturated rings. The molecule has 1 heterocycles. The largest absolute Gasteiger partial charge is 0.497 e. The van der Waals surface area contributed by atoms with Crippen molar-refractivity contribution in [2.24, 2.45) is 0 Å². The maximum absolute atomic E-state index is 13.2. The fraction of sp³-hybridized carbons (Fsp3) is 0.385. The Labute approximate surface area is 203 Å². The van der Waals surface area contributed by atoms with E-state index in [1.54, 1.807) is 31.4 Å². The number of methoxy groups -OCH3 is 1. The van der Waals surface area contributed by atoms with Crippen LogP contribution in [0.5, 0.6) is 5.75 Å². The standard InChI is InChI=1S/C26H32N4O5/c1-3-14-27-23(31)13-6-7-15-29-25(33)21-11-4-5-12-22(21)30(26(29)34)18-24(32)28-17-19-9-8-10-20(16-19)35-2/h4-5,8-12,16H,3,6-7,13-15,17-18H2,1-2H3,(H,27,31)(H,28,32). The number of benzene rings is 2. The predicted molar refractivity (Wildman–Crippen MR) is 134 cm³/mol. The van der Waals surface area contributed by atoms with Crippen LogP contribution in [-0.4, -0.2) is 34.6 Å². The van der Waals surface area contributed by atoms with Gasteiger partial charge in [0.25, 0.3) is 5.56 Å². The summed E-state index contributed by atoms with van der Waals surface area (Å²) < 4.78 is 7.68. The van der Waals surface area contributed by atoms with Gasteiger partial charge < -0.3 is 15.4 Å². The average molecular weight is 481 g/mol. The van der Waals surface area contributed by atoms with Crippen LogP contribution in [0.3, 0.4) is 0 Å². The van der Waals surface area contributed by atoms with Crippen LogP contribution >= 0.6 is 0 Å². The Morgan fingerprint density at radius 2 is 1.74 bits per heavy atom. The molecule has 3 aromatic rings. The second-order valence-electron chi connectivity index (χ2n) is 8.28. The summed E-state index contributed by atoms with van der Waals surface area (Å²) >= 11 is 0. The van der Waals surface area contributed by atoms with E-state index in [-0.39, 0.29) is 31.4 Å². The fourth-order valence-corrected chi connectivity index (χ4v) is 3.81. The third-order valence-corrected chi connectivity index (χ3v) is 5.67. The molecule has 0 aliphatic rings. The number of ether oxygens (including phenoxy) is 1. The fourth-order valence-electron chi connectivity index (χ4n) is 3.81. The molecule has 3 rings (SSSR count). The first-order chi connectivity index (χ1) is 16.9. The number of carbonyl (C=O) groups excluding carboxylic acids is 2. The number of rotatable bonds is 12. The molecule has 2 N–H and O–H groups in total. The molecule has 2 aromatic carbocycles. The molecule has 1 aromatic heterocycles. The van der Waals surface area contributed by atoms with Crippen LogP contribution in [0.1, 0.15) is 38.2 Å². The highest BCUT2D eigenvalue weighted by molar-refractivity contribution is 5.81. The number of fused-ring (bicyclic) bond motifs is 1. The van der Waals surface area contributed by atoms with Gasteiger partial charge >= 0.3 is 5.69 Å². The van der Waals surface area contributed by atoms with E-state index in [4.69, 9.17) is 4.74 Å². The van der Waals surface area contributed by atoms with Crippen LogP contribution in [-0.2, 0) is 29.2 Å². The van der Waals surface area contributed by atoms with Gasteiger partial charge in [-0.3, -0.25) is 23.5 Å². The van der Waals surface area contributed by atoms with E-state index < -0.39 is 11.2 Å². The molecule has 0 radical (unpaired) electrons. The van der Waals surface area contributed by atoms with E-state index in [0.29, 0.717) is 42.5 Å². The summed E-state index contributed by atoms with van der Waals surface area (Å²) in [6, 6.07) is 14.1. The summed E-state index contributed by atoms with van der Waals surface area (Å²) in [5.41, 5.74) is 0.340. The van der Waals surface area contributed by atoms with Crippen LogP contribution in [0.2, 0.25) is 0 Å². The maximum Gasteiger partial charge on any atom is 0.331 e. The smallest absolute Gasteiger partial charge is 0.331 e. The Morgan fingerprint density at radius 1 is 0.943 bits per heavy atom. The summed E-state index contributed by atoms with van der Waals surface area (Å²) in [5, 5.41) is 6.00. The lowest BCUT2D eigenvalue weighted by atomic mass is 10.2. The molecule has 0 saturated carbocycles. The van der Waals surface area contributed by atoms with Gasteiger partial charge in [-0.15, -0.1) is 0 Å². The SMILES string of the molecule is CCCNC(=O)CCCCn1c(=O)c2ccccc2n(CC(=O)NCc2cccc(OC)c2)c1=O. The lowest BCUT2D eigenvalue weighted by Crippen LogP contribution is -2.42. The zero-order chi connectivity index (χ0) is 25.2. The van der Waals surface area contributed by atoms with Crippen molar-refractivity contribution in [1.82, 2.24) is 19.8 Å². The molecule has 0 unspecified atom stereocenters. The summed E-state index contributed by atoms with van der Waals surface area (Å²) in [5.74, 6) is 0.301. The number of hydrogen-bond acceptors (Lipinski definition) is 5. The van der Waals surface area contributed by atoms with E-state index >= 15 is 0 Å². The minimum Gasteiger partial charge on any atom is -0.497 e. The Bertz CT molecular complexity index is 1290. The Balaban J connectivity index is 1.74. The summed E-state index contributed by atoms with van der Waals surface area (Å²) in [4.78, 5) is 50.7. The highest BCUT2D eigenvalue weighted by Gasteiger charge is 2.15. The summed E-state index contributed by atoms with van der Waals surface area (Å²) in [7, 11) is 1.57. The molecule has 2 amide bonds. The second-order valence-corrected chi connectivity index (χ2v) is 8.28. The van der Waals surface area contributed by atoms with Crippen LogP contribution in [0.15, 0.2) is 58.1 Å². The minimum atomic E-state index is -0.541. The summed E-state index contributed by atoms with van der Waals surface area (Å²) in [6.07, 6.45) is 2.25. The van der Waals surface area contributed by atoms with Crippen molar-refractivity contribution in [2.75, 3.05) is 13.7 Å². The van der Waals surface area contributed by atoms with Crippen LogP contribution < -0.4 is 26.6 Å². The molecule has 35 heavy (non-hydrogen) atoms. The van der Waals surface area contributed by atoms with Gasteiger partial charge in [-0.1, -0.05) is 31.2 Å². The van der Waals surface area contributed by atoms with E-state index in [0.717, 1.165) is 16.6 Å². The topological polar surface area (TPSA) is 111 Å². The zero-order valence-electron chi connectivity index (χ0n) is 20.2. The molecule has 0 spiro atoms. The number of para-hydroxylation sites is 1. The first-order valence-corrected chi connectivity index (χ1v) is 11.8. The van der Waals surface area contributed by atoms with Gasteiger partial charge in [-0.25, -0.2) is 4.79 Å². The van der Waals surface area contributed by atoms with Crippen molar-refractivity contribution in [3.63, 3.8) is 0 Å². The number of nitrogens with one attached hydrogen (secondary N) is 2. The molecule has 9 heteroatoms. The molecule has 0 aliphatic carbocycles. The normalized spacial score (nSPS) is 10.8. The van der Waals surface area contributed by atoms with Crippen LogP contribution in [0.25, 0.3) is 10.9 Å². The molecule has 0 saturated heterocycles. The molecule has 186 valence electrons. The number of hydrogen-bond donors (Lipinski definition) is 2. The molecular weight excluding hydrogens is 448 g/mol. The third-order valence-electron chi connectivity index (χ3n) is 5.67. The van der Waals surface area contributed by atoms with Gasteiger partial charge in [0.05, 0.1) is 18.0 Å². The van der Waals surface area contributed by atoms with Crippen molar-refractivity contribution in [1.29, 1.82) is 0 Å². The summed E-state index contributed by atoms with van der Waals surface area (Å²) in [6.45, 7) is 2.85. The number of unbranched alkanes of at least 4 members (excludes halogenated alkanes) is 1. The van der Waals surface area contributed by atoms with Gasteiger partial charge in [0, 0.05) is 26.1 Å². The van der Waals surface area contributed by atoms with Crippen molar-refractivity contribution in [3.8, 4) is 5.75 Å². The first kappa shape index (κ1) is 25.7. The molecule has 0 atom stereocenters. The molecule has 0 aliphatic heterocycles. The lowest BCUT2D eigenvalue weighted by Gasteiger charge is -2.14. The Hall–Kier alpha value is -3.88. The number of amides is 2. The molecular formula is C26H32N4O5. The monoisotopic (exact) mass is 480 g/mol. The van der Waals surface area contributed by atoms with Gasteiger partial charge in [0.15, 0.2) is 0 Å². The van der Waals surface area contributed by atoms with Gasteiger partial charge in [0.1, 0.15) is 12.3 Å². The number of carbonyl (C=O) groups is 2. The zero-order valence-corrected chi connectivity index (χ0v) is 20.2. The van der Waals surface area contributed by atoms with Crippen molar-refractivity contribution >= 4 is 22.7 Å². The van der Waals surface area contributed by atoms with Crippen LogP contribution in [0.4, 0.5) is 0 Å². The Morgan fingerprint density at radius 3 is 2.51 bits per heavy atom. The molecule has 9 nitrogen and oxygen atoms in total. The first-order valence-electron chi connectivity index (χ1n) is 11.8. The van der Waals surface area contributed by atoms with Crippen molar-refractivity contribution < 1.29 is 14.3 Å². The van der Waals surface area contributed by atoms with E-state index in [1.165, 1.54) is 4.57 Å². The Kier molecular flexibility index (Phi) is 9.23. The quantitative estimate of drug-likeness (QED) is 0.386. The van der Waals surface area contributed by atoms with Gasteiger partial charge in [0.2, 0.25) is 11.8 Å². The number of nitrogens with zero attached hydrogens (tertiary/aromatic N) is 2. The highest BCUT2D eigenvalue weighted by atomic mass is 16.5. The van der Waals surface area contributed by atoms with Gasteiger partial charge in [-0.2, -0.15) is 0 Å². The van der Waals surface area contributed by atoms with Crippen molar-refractivity contribution in [3.05, 3.63) is 74.9 Å². The maximum atomic E-state index is 13.2. The minimum absolute atomic E-state index is 0.0390. The van der Waals surface area contributed by atoms with E-state index in [2.05, 4.69) is 10.6 Å². The number of aromatic nitrogens is 2. The molecule has 0 bridgehead atoms. The van der Waals surface area contributed by atoms with Crippen LogP contribution in [0, 0.1) is 0 Å². The second kappa shape index (κ2) is 12.5. The lowest BCUT2D eigenvalue weighted by molar-refractivity contribution is -0.122. The predicted octanol–water partition coefficient (Wildman–Crippen LogP) is 2.18. The van der Waals surface area contributed by atoms with E-state index in [1.807, 2.05) is 31.2 Å². The van der Waals surface area contributed by atoms with Crippen molar-refractivity contribution in [2.45, 2.75) is 52.2 Å². The highest BCUT2D eigenvalue weighted by Crippen LogP contribution is 2.12. The van der Waals surface area contributed by atoms with E-state index in [9.17, 15) is 19.2 Å².